The molecule has 7 nitrogen and oxygen atoms in total. The van der Waals surface area contributed by atoms with E-state index in [4.69, 9.17) is 4.74 Å². The summed E-state index contributed by atoms with van der Waals surface area (Å²) in [4.78, 5) is 38.4. The first-order valence-electron chi connectivity index (χ1n) is 9.18. The molecular weight excluding hydrogens is 360 g/mol. The molecule has 0 spiro atoms. The van der Waals surface area contributed by atoms with Crippen molar-refractivity contribution in [1.82, 2.24) is 5.32 Å². The molecule has 0 aliphatic carbocycles. The van der Waals surface area contributed by atoms with E-state index >= 15 is 0 Å². The molecule has 2 atom stereocenters. The fourth-order valence-electron chi connectivity index (χ4n) is 3.87. The van der Waals surface area contributed by atoms with Gasteiger partial charge in [0.1, 0.15) is 18.7 Å². The van der Waals surface area contributed by atoms with Gasteiger partial charge in [0.05, 0.1) is 5.69 Å². The highest BCUT2D eigenvalue weighted by Crippen LogP contribution is 2.38. The lowest BCUT2D eigenvalue weighted by Gasteiger charge is -2.26. The number of hydrogen-bond donors (Lipinski definition) is 2. The maximum Gasteiger partial charge on any atom is 0.408 e. The molecule has 28 heavy (non-hydrogen) atoms. The van der Waals surface area contributed by atoms with E-state index in [1.165, 1.54) is 4.90 Å². The van der Waals surface area contributed by atoms with E-state index in [1.807, 2.05) is 48.5 Å². The van der Waals surface area contributed by atoms with Crippen LogP contribution >= 0.6 is 0 Å². The number of ether oxygens (including phenoxy) is 1. The first kappa shape index (κ1) is 18.0. The second-order valence-electron chi connectivity index (χ2n) is 6.99. The summed E-state index contributed by atoms with van der Waals surface area (Å²) in [6, 6.07) is 13.1. The van der Waals surface area contributed by atoms with E-state index in [2.05, 4.69) is 5.32 Å². The van der Waals surface area contributed by atoms with Crippen LogP contribution in [0.25, 0.3) is 0 Å². The Kier molecular flexibility index (Phi) is 4.73. The number of carbonyl (C=O) groups is 3. The third kappa shape index (κ3) is 3.31. The minimum absolute atomic E-state index is 0.0966. The van der Waals surface area contributed by atoms with Crippen LogP contribution in [0.3, 0.4) is 0 Å². The van der Waals surface area contributed by atoms with Crippen LogP contribution in [-0.2, 0) is 33.8 Å². The number of anilines is 1. The van der Waals surface area contributed by atoms with Gasteiger partial charge < -0.3 is 15.2 Å². The van der Waals surface area contributed by atoms with E-state index in [0.717, 1.165) is 16.7 Å². The number of aryl methyl sites for hydroxylation is 1. The van der Waals surface area contributed by atoms with Crippen molar-refractivity contribution in [1.29, 1.82) is 0 Å². The largest absolute Gasteiger partial charge is 0.480 e. The number of alkyl carbamates (subject to hydrolysis) is 1. The Morgan fingerprint density at radius 1 is 1.11 bits per heavy atom. The van der Waals surface area contributed by atoms with E-state index in [9.17, 15) is 19.5 Å². The third-order valence-corrected chi connectivity index (χ3v) is 5.20. The standard InChI is InChI=1S/C21H20N2O5/c24-19-16(22-21(27)28-12-13-5-2-1-3-6-13)10-9-14-7-4-8-15-11-17(20(25)26)23(19)18(14)15/h1-8,16-17H,9-12H2,(H,22,27)(H,25,26). The zero-order chi connectivity index (χ0) is 19.7. The number of carboxylic acid groups (broad SMARTS) is 1. The van der Waals surface area contributed by atoms with Crippen molar-refractivity contribution in [3.8, 4) is 0 Å². The molecule has 2 aliphatic rings. The summed E-state index contributed by atoms with van der Waals surface area (Å²) < 4.78 is 5.22. The van der Waals surface area contributed by atoms with Crippen LogP contribution in [0.2, 0.25) is 0 Å². The fourth-order valence-corrected chi connectivity index (χ4v) is 3.87. The summed E-state index contributed by atoms with van der Waals surface area (Å²) in [7, 11) is 0. The van der Waals surface area contributed by atoms with E-state index in [0.29, 0.717) is 18.5 Å². The first-order chi connectivity index (χ1) is 13.5. The fraction of sp³-hybridized carbons (Fsp3) is 0.286. The summed E-state index contributed by atoms with van der Waals surface area (Å²) in [6.45, 7) is 0.0966. The minimum Gasteiger partial charge on any atom is -0.480 e. The van der Waals surface area contributed by atoms with Crippen LogP contribution in [0.1, 0.15) is 23.1 Å². The number of aliphatic carboxylic acids is 1. The van der Waals surface area contributed by atoms with Crippen molar-refractivity contribution >= 4 is 23.7 Å². The molecule has 0 saturated heterocycles. The van der Waals surface area contributed by atoms with Gasteiger partial charge in [-0.1, -0.05) is 48.5 Å². The van der Waals surface area contributed by atoms with Gasteiger partial charge in [-0.05, 0) is 29.5 Å². The van der Waals surface area contributed by atoms with Crippen LogP contribution in [0, 0.1) is 0 Å². The number of carbonyl (C=O) groups excluding carboxylic acids is 2. The van der Waals surface area contributed by atoms with Gasteiger partial charge in [0, 0.05) is 6.42 Å². The number of hydrogen-bond acceptors (Lipinski definition) is 4. The zero-order valence-electron chi connectivity index (χ0n) is 15.1. The number of rotatable bonds is 4. The molecule has 0 radical (unpaired) electrons. The van der Waals surface area contributed by atoms with Crippen LogP contribution in [0.4, 0.5) is 10.5 Å². The van der Waals surface area contributed by atoms with Crippen molar-refractivity contribution in [2.75, 3.05) is 4.90 Å². The highest BCUT2D eigenvalue weighted by molar-refractivity contribution is 6.06. The number of para-hydroxylation sites is 1. The lowest BCUT2D eigenvalue weighted by atomic mass is 10.0. The predicted molar refractivity (Wildman–Crippen MR) is 101 cm³/mol. The van der Waals surface area contributed by atoms with Crippen molar-refractivity contribution in [2.45, 2.75) is 38.0 Å². The van der Waals surface area contributed by atoms with Crippen molar-refractivity contribution in [3.05, 3.63) is 65.2 Å². The Balaban J connectivity index is 1.50. The monoisotopic (exact) mass is 380 g/mol. The average Bonchev–Trinajstić information content (AvgIpc) is 3.04. The summed E-state index contributed by atoms with van der Waals surface area (Å²) >= 11 is 0. The second-order valence-corrected chi connectivity index (χ2v) is 6.99. The highest BCUT2D eigenvalue weighted by Gasteiger charge is 2.44. The highest BCUT2D eigenvalue weighted by atomic mass is 16.5. The molecule has 0 bridgehead atoms. The number of amides is 2. The smallest absolute Gasteiger partial charge is 0.408 e. The average molecular weight is 380 g/mol. The summed E-state index contributed by atoms with van der Waals surface area (Å²) in [5, 5.41) is 12.2. The minimum atomic E-state index is -1.05. The summed E-state index contributed by atoms with van der Waals surface area (Å²) in [5.41, 5.74) is 3.30. The molecule has 4 rings (SSSR count). The van der Waals surface area contributed by atoms with E-state index < -0.39 is 30.1 Å². The van der Waals surface area contributed by atoms with Crippen molar-refractivity contribution in [3.63, 3.8) is 0 Å². The van der Waals surface area contributed by atoms with Gasteiger partial charge in [-0.3, -0.25) is 9.69 Å². The zero-order valence-corrected chi connectivity index (χ0v) is 15.1. The topological polar surface area (TPSA) is 95.9 Å². The normalized spacial score (nSPS) is 20.3. The molecular formula is C21H20N2O5. The molecule has 2 aromatic carbocycles. The lowest BCUT2D eigenvalue weighted by molar-refractivity contribution is -0.140. The van der Waals surface area contributed by atoms with Gasteiger partial charge in [0.15, 0.2) is 0 Å². The Morgan fingerprint density at radius 2 is 1.86 bits per heavy atom. The lowest BCUT2D eigenvalue weighted by Crippen LogP contribution is -2.52. The molecule has 2 aromatic rings. The van der Waals surface area contributed by atoms with E-state index in [-0.39, 0.29) is 13.0 Å². The maximum atomic E-state index is 13.1. The van der Waals surface area contributed by atoms with Crippen LogP contribution in [0.15, 0.2) is 48.5 Å². The number of nitrogens with one attached hydrogen (secondary N) is 1. The predicted octanol–water partition coefficient (Wildman–Crippen LogP) is 2.27. The Hall–Kier alpha value is -3.35. The number of nitrogens with zero attached hydrogens (tertiary/aromatic N) is 1. The SMILES string of the molecule is O=C(NC1CCc2cccc3c2N(C1=O)C(C(=O)O)C3)OCc1ccccc1. The molecule has 0 aromatic heterocycles. The molecule has 2 unspecified atom stereocenters. The Labute approximate surface area is 161 Å². The molecule has 0 saturated carbocycles. The van der Waals surface area contributed by atoms with Gasteiger partial charge in [-0.25, -0.2) is 9.59 Å². The molecule has 7 heteroatoms. The van der Waals surface area contributed by atoms with Gasteiger partial charge in [-0.15, -0.1) is 0 Å². The summed E-state index contributed by atoms with van der Waals surface area (Å²) in [6.07, 6.45) is 0.537. The van der Waals surface area contributed by atoms with Crippen LogP contribution < -0.4 is 10.2 Å². The van der Waals surface area contributed by atoms with Gasteiger partial charge >= 0.3 is 12.1 Å². The Morgan fingerprint density at radius 3 is 2.61 bits per heavy atom. The second kappa shape index (κ2) is 7.34. The van der Waals surface area contributed by atoms with Crippen molar-refractivity contribution < 1.29 is 24.2 Å². The van der Waals surface area contributed by atoms with Crippen LogP contribution in [-0.4, -0.2) is 35.2 Å². The quantitative estimate of drug-likeness (QED) is 0.848. The molecule has 2 heterocycles. The summed E-state index contributed by atoms with van der Waals surface area (Å²) in [5.74, 6) is -1.46. The number of carboxylic acids is 1. The van der Waals surface area contributed by atoms with Crippen molar-refractivity contribution in [2.24, 2.45) is 0 Å². The molecule has 144 valence electrons. The molecule has 2 amide bonds. The van der Waals surface area contributed by atoms with Crippen LogP contribution in [0.5, 0.6) is 0 Å². The van der Waals surface area contributed by atoms with E-state index in [1.54, 1.807) is 0 Å². The van der Waals surface area contributed by atoms with Gasteiger partial charge in [0.2, 0.25) is 0 Å². The van der Waals surface area contributed by atoms with Gasteiger partial charge in [-0.2, -0.15) is 0 Å². The molecule has 2 aliphatic heterocycles. The Bertz CT molecular complexity index is 928. The first-order valence-corrected chi connectivity index (χ1v) is 9.18. The molecule has 2 N–H and O–H groups in total. The number of benzene rings is 2. The van der Waals surface area contributed by atoms with Gasteiger partial charge in [0.25, 0.3) is 5.91 Å². The molecule has 0 fully saturated rings. The third-order valence-electron chi connectivity index (χ3n) is 5.20. The maximum absolute atomic E-state index is 13.1.